The number of carbonyl (C=O) groups is 1. The number of sulfonamides is 1. The Kier molecular flexibility index (Phi) is 8.82. The van der Waals surface area contributed by atoms with Crippen molar-refractivity contribution in [2.45, 2.75) is 44.2 Å². The molecule has 11 nitrogen and oxygen atoms in total. The summed E-state index contributed by atoms with van der Waals surface area (Å²) in [5.41, 5.74) is 1.10. The lowest BCUT2D eigenvalue weighted by Gasteiger charge is -2.41. The molecule has 1 fully saturated rings. The van der Waals surface area contributed by atoms with Crippen molar-refractivity contribution < 1.29 is 31.1 Å². The van der Waals surface area contributed by atoms with Gasteiger partial charge in [-0.15, -0.1) is 0 Å². The molecule has 5 rings (SSSR count). The Labute approximate surface area is 258 Å². The first-order valence-electron chi connectivity index (χ1n) is 13.8. The van der Waals surface area contributed by atoms with Crippen LogP contribution in [0, 0.1) is 19.7 Å². The van der Waals surface area contributed by atoms with Gasteiger partial charge in [-0.05, 0) is 44.6 Å². The minimum absolute atomic E-state index is 0.0362. The first-order chi connectivity index (χ1) is 21.3. The zero-order valence-corrected chi connectivity index (χ0v) is 25.4. The number of halogens is 3. The first-order valence-corrected chi connectivity index (χ1v) is 15.3. The van der Waals surface area contributed by atoms with E-state index in [9.17, 15) is 26.4 Å². The summed E-state index contributed by atoms with van der Waals surface area (Å²) >= 11 is 0. The SMILES string of the molecule is C=C(/C=C(F)\C=C(/C)F)[C@@H]1CC=NN1C(=O)N1CC(Oc2cc(-n3nc(C)c(S(=O)(=O)Nc4ccccc4)c3C)ncc2F)C1. The predicted octanol–water partition coefficient (Wildman–Crippen LogP) is 5.35. The second kappa shape index (κ2) is 12.6. The third-order valence-corrected chi connectivity index (χ3v) is 8.70. The van der Waals surface area contributed by atoms with Crippen LogP contribution in [0.3, 0.4) is 0 Å². The smallest absolute Gasteiger partial charge is 0.341 e. The van der Waals surface area contributed by atoms with Gasteiger partial charge in [0.1, 0.15) is 16.8 Å². The molecule has 2 aliphatic heterocycles. The number of ether oxygens (including phenoxy) is 1. The van der Waals surface area contributed by atoms with Crippen molar-refractivity contribution in [3.05, 3.63) is 95.8 Å². The van der Waals surface area contributed by atoms with E-state index >= 15 is 0 Å². The van der Waals surface area contributed by atoms with Crippen LogP contribution in [0.25, 0.3) is 5.82 Å². The average molecular weight is 642 g/mol. The van der Waals surface area contributed by atoms with Crippen molar-refractivity contribution in [1.29, 1.82) is 0 Å². The van der Waals surface area contributed by atoms with Crippen LogP contribution in [-0.2, 0) is 10.0 Å². The zero-order chi connectivity index (χ0) is 32.5. The fourth-order valence-electron chi connectivity index (χ4n) is 4.97. The number of hydrogen-bond donors (Lipinski definition) is 1. The van der Waals surface area contributed by atoms with Crippen LogP contribution in [0.4, 0.5) is 23.7 Å². The Morgan fingerprint density at radius 3 is 2.56 bits per heavy atom. The minimum Gasteiger partial charge on any atom is -0.483 e. The molecule has 0 aliphatic carbocycles. The molecule has 4 heterocycles. The van der Waals surface area contributed by atoms with Crippen molar-refractivity contribution in [3.63, 3.8) is 0 Å². The molecule has 0 unspecified atom stereocenters. The number of aromatic nitrogens is 3. The number of hydrogen-bond acceptors (Lipinski definition) is 7. The van der Waals surface area contributed by atoms with Crippen molar-refractivity contribution in [3.8, 4) is 11.6 Å². The standard InChI is InChI=1S/C30H30F3N7O4S/c1-18(12-22(32)13-19(2)31)26-10-11-35-40(26)30(41)38-16-24(17-38)44-27-14-28(34-15-25(27)33)39-21(4)29(20(3)36-39)45(42,43)37-23-8-6-5-7-9-23/h5-9,11-15,24,26,37H,1,10,16-17H2,2-4H3/b19-13+,22-12+/t26-/m0/s1. The van der Waals surface area contributed by atoms with Crippen molar-refractivity contribution in [1.82, 2.24) is 24.7 Å². The molecule has 0 bridgehead atoms. The summed E-state index contributed by atoms with van der Waals surface area (Å²) in [6, 6.07) is 8.59. The Balaban J connectivity index is 1.26. The molecular weight excluding hydrogens is 611 g/mol. The van der Waals surface area contributed by atoms with Gasteiger partial charge in [0.05, 0.1) is 42.5 Å². The van der Waals surface area contributed by atoms with Gasteiger partial charge in [-0.25, -0.2) is 41.1 Å². The number of para-hydroxylation sites is 1. The van der Waals surface area contributed by atoms with E-state index in [0.717, 1.165) is 19.2 Å². The Hall–Kier alpha value is -4.92. The van der Waals surface area contributed by atoms with Gasteiger partial charge in [0, 0.05) is 30.5 Å². The number of rotatable bonds is 9. The summed E-state index contributed by atoms with van der Waals surface area (Å²) < 4.78 is 77.7. The van der Waals surface area contributed by atoms with Crippen LogP contribution < -0.4 is 9.46 Å². The molecule has 15 heteroatoms. The highest BCUT2D eigenvalue weighted by molar-refractivity contribution is 7.92. The van der Waals surface area contributed by atoms with E-state index in [1.165, 1.54) is 26.9 Å². The van der Waals surface area contributed by atoms with Crippen LogP contribution >= 0.6 is 0 Å². The number of nitrogens with zero attached hydrogens (tertiary/aromatic N) is 6. The third kappa shape index (κ3) is 6.77. The summed E-state index contributed by atoms with van der Waals surface area (Å²) in [6.07, 6.45) is 3.96. The highest BCUT2D eigenvalue weighted by atomic mass is 32.2. The lowest BCUT2D eigenvalue weighted by Crippen LogP contribution is -2.59. The van der Waals surface area contributed by atoms with Gasteiger partial charge in [-0.2, -0.15) is 10.2 Å². The van der Waals surface area contributed by atoms with Crippen molar-refractivity contribution in [2.24, 2.45) is 5.10 Å². The molecule has 2 aliphatic rings. The second-order valence-corrected chi connectivity index (χ2v) is 12.1. The van der Waals surface area contributed by atoms with Crippen LogP contribution in [0.5, 0.6) is 5.75 Å². The number of aryl methyl sites for hydroxylation is 1. The summed E-state index contributed by atoms with van der Waals surface area (Å²) in [5.74, 6) is -2.32. The maximum absolute atomic E-state index is 14.7. The summed E-state index contributed by atoms with van der Waals surface area (Å²) in [7, 11) is -4.00. The maximum atomic E-state index is 14.7. The molecule has 1 saturated heterocycles. The topological polar surface area (TPSA) is 122 Å². The third-order valence-electron chi connectivity index (χ3n) is 7.07. The Morgan fingerprint density at radius 2 is 1.87 bits per heavy atom. The number of likely N-dealkylation sites (tertiary alicyclic amines) is 1. The van der Waals surface area contributed by atoms with Crippen molar-refractivity contribution in [2.75, 3.05) is 17.8 Å². The number of hydrazone groups is 1. The van der Waals surface area contributed by atoms with E-state index in [1.54, 1.807) is 44.2 Å². The van der Waals surface area contributed by atoms with E-state index in [2.05, 4.69) is 26.5 Å². The van der Waals surface area contributed by atoms with Crippen LogP contribution in [0.2, 0.25) is 0 Å². The quantitative estimate of drug-likeness (QED) is 0.315. The number of pyridine rings is 1. The van der Waals surface area contributed by atoms with Gasteiger partial charge in [0.2, 0.25) is 0 Å². The number of amides is 2. The van der Waals surface area contributed by atoms with Gasteiger partial charge >= 0.3 is 6.03 Å². The molecule has 0 saturated carbocycles. The molecule has 1 atom stereocenters. The zero-order valence-electron chi connectivity index (χ0n) is 24.6. The number of nitrogens with one attached hydrogen (secondary N) is 1. The van der Waals surface area contributed by atoms with Gasteiger partial charge < -0.3 is 9.64 Å². The first kappa shape index (κ1) is 31.5. The van der Waals surface area contributed by atoms with E-state index in [-0.39, 0.29) is 46.5 Å². The number of anilines is 1. The molecule has 45 heavy (non-hydrogen) atoms. The molecule has 2 amide bonds. The van der Waals surface area contributed by atoms with E-state index in [1.807, 2.05) is 0 Å². The number of allylic oxidation sites excluding steroid dienone is 3. The van der Waals surface area contributed by atoms with E-state index in [4.69, 9.17) is 4.74 Å². The maximum Gasteiger partial charge on any atom is 0.341 e. The van der Waals surface area contributed by atoms with Gasteiger partial charge in [0.25, 0.3) is 10.0 Å². The fourth-order valence-corrected chi connectivity index (χ4v) is 6.43. The molecule has 0 radical (unpaired) electrons. The van der Waals surface area contributed by atoms with Gasteiger partial charge in [-0.3, -0.25) is 4.72 Å². The Bertz CT molecular complexity index is 1830. The highest BCUT2D eigenvalue weighted by Gasteiger charge is 2.39. The monoisotopic (exact) mass is 641 g/mol. The lowest BCUT2D eigenvalue weighted by atomic mass is 10.1. The second-order valence-electron chi connectivity index (χ2n) is 10.5. The minimum atomic E-state index is -4.00. The van der Waals surface area contributed by atoms with Gasteiger partial charge in [0.15, 0.2) is 17.4 Å². The fraction of sp³-hybridized carbons (Fsp3) is 0.267. The van der Waals surface area contributed by atoms with Crippen molar-refractivity contribution >= 4 is 28.0 Å². The van der Waals surface area contributed by atoms with E-state index < -0.39 is 45.7 Å². The molecule has 236 valence electrons. The molecular formula is C30H30F3N7O4S. The average Bonchev–Trinajstić information content (AvgIpc) is 3.55. The summed E-state index contributed by atoms with van der Waals surface area (Å²) in [6.45, 7) is 8.25. The Morgan fingerprint density at radius 1 is 1.16 bits per heavy atom. The van der Waals surface area contributed by atoms with E-state index in [0.29, 0.717) is 18.2 Å². The molecule has 0 spiro atoms. The summed E-state index contributed by atoms with van der Waals surface area (Å²) in [5, 5.41) is 9.59. The molecule has 1 N–H and O–H groups in total. The van der Waals surface area contributed by atoms with Crippen LogP contribution in [0.1, 0.15) is 24.7 Å². The number of urea groups is 1. The van der Waals surface area contributed by atoms with Crippen LogP contribution in [0.15, 0.2) is 88.5 Å². The predicted molar refractivity (Wildman–Crippen MR) is 161 cm³/mol. The lowest BCUT2D eigenvalue weighted by molar-refractivity contribution is 0.0273. The largest absolute Gasteiger partial charge is 0.483 e. The summed E-state index contributed by atoms with van der Waals surface area (Å²) in [4.78, 5) is 18.6. The van der Waals surface area contributed by atoms with Crippen LogP contribution in [-0.4, -0.2) is 70.6 Å². The normalized spacial score (nSPS) is 17.4. The number of carbonyl (C=O) groups excluding carboxylic acids is 1. The van der Waals surface area contributed by atoms with Gasteiger partial charge in [-0.1, -0.05) is 24.8 Å². The molecule has 1 aromatic carbocycles. The molecule has 2 aromatic heterocycles. The number of benzene rings is 1. The highest BCUT2D eigenvalue weighted by Crippen LogP contribution is 2.29. The molecule has 3 aromatic rings.